The van der Waals surface area contributed by atoms with Crippen LogP contribution in [0.25, 0.3) is 0 Å². The molecule has 0 amide bonds. The highest BCUT2D eigenvalue weighted by molar-refractivity contribution is 4.79. The average molecular weight is 140 g/mol. The van der Waals surface area contributed by atoms with Crippen molar-refractivity contribution in [3.63, 3.8) is 0 Å². The minimum absolute atomic E-state index is 0.692. The van der Waals surface area contributed by atoms with Crippen molar-refractivity contribution in [3.8, 4) is 0 Å². The summed E-state index contributed by atoms with van der Waals surface area (Å²) in [5.74, 6) is 0.985. The standard InChI is InChI=1S/C10H20/c1-4-10(3)7-5-6-9(2)8-10/h9H,4-8H2,1-3H3. The van der Waals surface area contributed by atoms with E-state index >= 15 is 0 Å². The molecule has 0 saturated heterocycles. The molecule has 0 bridgehead atoms. The van der Waals surface area contributed by atoms with Gasteiger partial charge < -0.3 is 0 Å². The van der Waals surface area contributed by atoms with Crippen LogP contribution in [-0.4, -0.2) is 0 Å². The second-order valence-corrected chi connectivity index (χ2v) is 4.37. The molecule has 0 heterocycles. The number of rotatable bonds is 1. The van der Waals surface area contributed by atoms with Crippen molar-refractivity contribution >= 4 is 0 Å². The highest BCUT2D eigenvalue weighted by atomic mass is 14.3. The van der Waals surface area contributed by atoms with Gasteiger partial charge in [0.15, 0.2) is 0 Å². The van der Waals surface area contributed by atoms with Crippen LogP contribution in [0.3, 0.4) is 0 Å². The minimum atomic E-state index is 0.692. The van der Waals surface area contributed by atoms with Gasteiger partial charge in [-0.25, -0.2) is 0 Å². The lowest BCUT2D eigenvalue weighted by molar-refractivity contribution is 0.162. The Bertz CT molecular complexity index is 107. The van der Waals surface area contributed by atoms with Gasteiger partial charge in [-0.05, 0) is 24.2 Å². The van der Waals surface area contributed by atoms with E-state index in [4.69, 9.17) is 0 Å². The summed E-state index contributed by atoms with van der Waals surface area (Å²) in [4.78, 5) is 0. The molecule has 0 aliphatic heterocycles. The van der Waals surface area contributed by atoms with Crippen molar-refractivity contribution < 1.29 is 0 Å². The van der Waals surface area contributed by atoms with Gasteiger partial charge in [-0.2, -0.15) is 0 Å². The van der Waals surface area contributed by atoms with E-state index in [1.54, 1.807) is 0 Å². The molecule has 0 radical (unpaired) electrons. The molecule has 0 spiro atoms. The molecule has 1 saturated carbocycles. The van der Waals surface area contributed by atoms with Crippen molar-refractivity contribution in [2.24, 2.45) is 11.3 Å². The first kappa shape index (κ1) is 8.10. The molecule has 2 unspecified atom stereocenters. The van der Waals surface area contributed by atoms with Crippen LogP contribution in [-0.2, 0) is 0 Å². The number of hydrogen-bond acceptors (Lipinski definition) is 0. The Morgan fingerprint density at radius 3 is 2.60 bits per heavy atom. The fraction of sp³-hybridized carbons (Fsp3) is 1.00. The van der Waals surface area contributed by atoms with Gasteiger partial charge in [-0.3, -0.25) is 0 Å². The fourth-order valence-corrected chi connectivity index (χ4v) is 2.24. The maximum atomic E-state index is 2.45. The predicted molar refractivity (Wildman–Crippen MR) is 46.0 cm³/mol. The summed E-state index contributed by atoms with van der Waals surface area (Å²) in [5, 5.41) is 0. The topological polar surface area (TPSA) is 0 Å². The summed E-state index contributed by atoms with van der Waals surface area (Å²) in [6.07, 6.45) is 7.23. The Labute approximate surface area is 65.0 Å². The van der Waals surface area contributed by atoms with Crippen LogP contribution in [0.5, 0.6) is 0 Å². The van der Waals surface area contributed by atoms with E-state index < -0.39 is 0 Å². The summed E-state index contributed by atoms with van der Waals surface area (Å²) in [5.41, 5.74) is 0.692. The van der Waals surface area contributed by atoms with E-state index in [1.807, 2.05) is 0 Å². The summed E-state index contributed by atoms with van der Waals surface area (Å²) in [6.45, 7) is 7.17. The van der Waals surface area contributed by atoms with E-state index in [0.29, 0.717) is 5.41 Å². The summed E-state index contributed by atoms with van der Waals surface area (Å²) in [6, 6.07) is 0. The van der Waals surface area contributed by atoms with Crippen molar-refractivity contribution in [1.82, 2.24) is 0 Å². The van der Waals surface area contributed by atoms with Gasteiger partial charge in [-0.1, -0.05) is 40.0 Å². The quantitative estimate of drug-likeness (QED) is 0.522. The Morgan fingerprint density at radius 1 is 1.50 bits per heavy atom. The molecule has 0 aromatic rings. The molecule has 0 heteroatoms. The molecule has 1 fully saturated rings. The number of hydrogen-bond donors (Lipinski definition) is 0. The molecule has 1 aliphatic rings. The summed E-state index contributed by atoms with van der Waals surface area (Å²) >= 11 is 0. The largest absolute Gasteiger partial charge is 0.0649 e. The second kappa shape index (κ2) is 2.94. The van der Waals surface area contributed by atoms with Crippen molar-refractivity contribution in [2.45, 2.75) is 52.9 Å². The van der Waals surface area contributed by atoms with Crippen LogP contribution in [0, 0.1) is 11.3 Å². The predicted octanol–water partition coefficient (Wildman–Crippen LogP) is 3.61. The van der Waals surface area contributed by atoms with Crippen molar-refractivity contribution in [2.75, 3.05) is 0 Å². The maximum absolute atomic E-state index is 2.45. The minimum Gasteiger partial charge on any atom is -0.0649 e. The molecule has 10 heavy (non-hydrogen) atoms. The van der Waals surface area contributed by atoms with E-state index in [9.17, 15) is 0 Å². The van der Waals surface area contributed by atoms with Gasteiger partial charge in [0.25, 0.3) is 0 Å². The first-order valence-electron chi connectivity index (χ1n) is 4.66. The Balaban J connectivity index is 2.45. The summed E-state index contributed by atoms with van der Waals surface area (Å²) < 4.78 is 0. The molecule has 0 aromatic carbocycles. The van der Waals surface area contributed by atoms with Crippen LogP contribution in [0.1, 0.15) is 52.9 Å². The molecule has 2 atom stereocenters. The van der Waals surface area contributed by atoms with Crippen molar-refractivity contribution in [1.29, 1.82) is 0 Å². The van der Waals surface area contributed by atoms with Gasteiger partial charge in [0, 0.05) is 0 Å². The zero-order valence-electron chi connectivity index (χ0n) is 7.61. The highest BCUT2D eigenvalue weighted by Crippen LogP contribution is 2.40. The molecule has 1 aliphatic carbocycles. The van der Waals surface area contributed by atoms with Gasteiger partial charge >= 0.3 is 0 Å². The third-order valence-electron chi connectivity index (χ3n) is 3.17. The third-order valence-corrected chi connectivity index (χ3v) is 3.17. The fourth-order valence-electron chi connectivity index (χ4n) is 2.24. The first-order valence-corrected chi connectivity index (χ1v) is 4.66. The second-order valence-electron chi connectivity index (χ2n) is 4.37. The van der Waals surface area contributed by atoms with E-state index in [-0.39, 0.29) is 0 Å². The lowest BCUT2D eigenvalue weighted by Gasteiger charge is -2.36. The molecular weight excluding hydrogens is 120 g/mol. The van der Waals surface area contributed by atoms with E-state index in [1.165, 1.54) is 32.1 Å². The Kier molecular flexibility index (Phi) is 2.38. The third kappa shape index (κ3) is 1.74. The van der Waals surface area contributed by atoms with Crippen molar-refractivity contribution in [3.05, 3.63) is 0 Å². The SMILES string of the molecule is CCC1(C)CCCC(C)C1. The Morgan fingerprint density at radius 2 is 2.20 bits per heavy atom. The van der Waals surface area contributed by atoms with Crippen LogP contribution in [0.2, 0.25) is 0 Å². The smallest absolute Gasteiger partial charge is 0.0326 e. The zero-order valence-corrected chi connectivity index (χ0v) is 7.61. The van der Waals surface area contributed by atoms with E-state index in [0.717, 1.165) is 5.92 Å². The maximum Gasteiger partial charge on any atom is -0.0326 e. The van der Waals surface area contributed by atoms with Gasteiger partial charge in [0.2, 0.25) is 0 Å². The van der Waals surface area contributed by atoms with Crippen LogP contribution < -0.4 is 0 Å². The average Bonchev–Trinajstić information content (AvgIpc) is 1.88. The van der Waals surface area contributed by atoms with Gasteiger partial charge in [0.1, 0.15) is 0 Å². The highest BCUT2D eigenvalue weighted by Gasteiger charge is 2.27. The normalized spacial score (nSPS) is 41.7. The van der Waals surface area contributed by atoms with Crippen LogP contribution >= 0.6 is 0 Å². The zero-order chi connectivity index (χ0) is 7.61. The molecule has 60 valence electrons. The van der Waals surface area contributed by atoms with Crippen LogP contribution in [0.15, 0.2) is 0 Å². The van der Waals surface area contributed by atoms with Gasteiger partial charge in [-0.15, -0.1) is 0 Å². The molecule has 0 aromatic heterocycles. The monoisotopic (exact) mass is 140 g/mol. The molecule has 1 rings (SSSR count). The first-order chi connectivity index (χ1) is 4.66. The van der Waals surface area contributed by atoms with Crippen LogP contribution in [0.4, 0.5) is 0 Å². The van der Waals surface area contributed by atoms with E-state index in [2.05, 4.69) is 20.8 Å². The lowest BCUT2D eigenvalue weighted by atomic mass is 9.70. The Hall–Kier alpha value is 0. The summed E-state index contributed by atoms with van der Waals surface area (Å²) in [7, 11) is 0. The lowest BCUT2D eigenvalue weighted by Crippen LogP contribution is -2.23. The molecular formula is C10H20. The molecule has 0 nitrogen and oxygen atoms in total. The van der Waals surface area contributed by atoms with Gasteiger partial charge in [0.05, 0.1) is 0 Å². The molecule has 0 N–H and O–H groups in total.